The molecule has 0 aliphatic rings. The van der Waals surface area contributed by atoms with Crippen molar-refractivity contribution in [2.24, 2.45) is 0 Å². The van der Waals surface area contributed by atoms with Crippen LogP contribution in [0.1, 0.15) is 43.9 Å². The van der Waals surface area contributed by atoms with Gasteiger partial charge in [0.15, 0.2) is 0 Å². The lowest BCUT2D eigenvalue weighted by Gasteiger charge is -2.19. The first-order chi connectivity index (χ1) is 9.45. The van der Waals surface area contributed by atoms with E-state index in [1.807, 2.05) is 45.0 Å². The predicted octanol–water partition coefficient (Wildman–Crippen LogP) is 2.61. The molecule has 0 saturated carbocycles. The van der Waals surface area contributed by atoms with Gasteiger partial charge in [-0.3, -0.25) is 0 Å². The predicted molar refractivity (Wildman–Crippen MR) is 77.6 cm³/mol. The van der Waals surface area contributed by atoms with Crippen LogP contribution in [0, 0.1) is 6.92 Å². The van der Waals surface area contributed by atoms with E-state index in [1.165, 1.54) is 0 Å². The van der Waals surface area contributed by atoms with Crippen LogP contribution in [0.4, 0.5) is 4.79 Å². The van der Waals surface area contributed by atoms with Crippen molar-refractivity contribution >= 4 is 12.0 Å². The average molecular weight is 278 g/mol. The van der Waals surface area contributed by atoms with Crippen LogP contribution in [-0.2, 0) is 4.79 Å². The molecule has 1 aromatic carbocycles. The number of carbonyl (C=O) groups is 2. The van der Waals surface area contributed by atoms with Crippen molar-refractivity contribution in [1.82, 2.24) is 10.6 Å². The van der Waals surface area contributed by atoms with Crippen LogP contribution in [-0.4, -0.2) is 23.1 Å². The second-order valence-electron chi connectivity index (χ2n) is 4.88. The van der Waals surface area contributed by atoms with Crippen molar-refractivity contribution in [3.8, 4) is 0 Å². The molecule has 110 valence electrons. The van der Waals surface area contributed by atoms with E-state index < -0.39 is 18.0 Å². The number of benzene rings is 1. The standard InChI is InChI=1S/C15H22N2O3/c1-4-7-13(14(18)19)17-15(20)16-11(3)12-9-6-5-8-10(12)2/h5-6,8-9,11,13H,4,7H2,1-3H3,(H,18,19)(H2,16,17,20)/t11?,13-/m0/s1. The number of carboxylic acids is 1. The Labute approximate surface area is 119 Å². The summed E-state index contributed by atoms with van der Waals surface area (Å²) in [5.41, 5.74) is 2.11. The van der Waals surface area contributed by atoms with Gasteiger partial charge in [-0.2, -0.15) is 0 Å². The highest BCUT2D eigenvalue weighted by Gasteiger charge is 2.20. The maximum atomic E-state index is 11.8. The molecule has 1 unspecified atom stereocenters. The van der Waals surface area contributed by atoms with E-state index in [-0.39, 0.29) is 6.04 Å². The van der Waals surface area contributed by atoms with Gasteiger partial charge in [0.05, 0.1) is 6.04 Å². The summed E-state index contributed by atoms with van der Waals surface area (Å²) >= 11 is 0. The highest BCUT2D eigenvalue weighted by Crippen LogP contribution is 2.16. The molecule has 5 heteroatoms. The molecule has 0 aromatic heterocycles. The number of urea groups is 1. The van der Waals surface area contributed by atoms with Crippen molar-refractivity contribution in [1.29, 1.82) is 0 Å². The molecular weight excluding hydrogens is 256 g/mol. The molecule has 20 heavy (non-hydrogen) atoms. The number of carbonyl (C=O) groups excluding carboxylic acids is 1. The van der Waals surface area contributed by atoms with Gasteiger partial charge in [-0.15, -0.1) is 0 Å². The highest BCUT2D eigenvalue weighted by molar-refractivity contribution is 5.82. The summed E-state index contributed by atoms with van der Waals surface area (Å²) in [4.78, 5) is 22.8. The minimum absolute atomic E-state index is 0.174. The Kier molecular flexibility index (Phi) is 6.03. The number of hydrogen-bond acceptors (Lipinski definition) is 2. The van der Waals surface area contributed by atoms with Gasteiger partial charge in [0.25, 0.3) is 0 Å². The van der Waals surface area contributed by atoms with Crippen LogP contribution in [0.25, 0.3) is 0 Å². The molecule has 0 heterocycles. The third-order valence-corrected chi connectivity index (χ3v) is 3.18. The number of hydrogen-bond donors (Lipinski definition) is 3. The summed E-state index contributed by atoms with van der Waals surface area (Å²) in [6.07, 6.45) is 1.12. The second-order valence-corrected chi connectivity index (χ2v) is 4.88. The zero-order valence-corrected chi connectivity index (χ0v) is 12.1. The zero-order valence-electron chi connectivity index (χ0n) is 12.1. The summed E-state index contributed by atoms with van der Waals surface area (Å²) in [6.45, 7) is 5.73. The van der Waals surface area contributed by atoms with E-state index in [4.69, 9.17) is 5.11 Å². The Bertz CT molecular complexity index is 474. The minimum Gasteiger partial charge on any atom is -0.480 e. The molecule has 0 aliphatic carbocycles. The number of amides is 2. The smallest absolute Gasteiger partial charge is 0.326 e. The number of nitrogens with one attached hydrogen (secondary N) is 2. The lowest BCUT2D eigenvalue weighted by Crippen LogP contribution is -2.46. The molecule has 2 atom stereocenters. The van der Waals surface area contributed by atoms with Crippen molar-refractivity contribution in [3.63, 3.8) is 0 Å². The van der Waals surface area contributed by atoms with Crippen LogP contribution < -0.4 is 10.6 Å². The third kappa shape index (κ3) is 4.57. The van der Waals surface area contributed by atoms with Gasteiger partial charge < -0.3 is 15.7 Å². The molecule has 3 N–H and O–H groups in total. The van der Waals surface area contributed by atoms with Gasteiger partial charge in [-0.1, -0.05) is 37.6 Å². The van der Waals surface area contributed by atoms with Crippen molar-refractivity contribution in [2.45, 2.75) is 45.7 Å². The Morgan fingerprint density at radius 1 is 1.25 bits per heavy atom. The fraction of sp³-hybridized carbons (Fsp3) is 0.467. The van der Waals surface area contributed by atoms with Gasteiger partial charge in [-0.25, -0.2) is 9.59 Å². The van der Waals surface area contributed by atoms with Gasteiger partial charge in [-0.05, 0) is 31.4 Å². The molecule has 1 aromatic rings. The summed E-state index contributed by atoms with van der Waals surface area (Å²) < 4.78 is 0. The first kappa shape index (κ1) is 16.0. The van der Waals surface area contributed by atoms with Gasteiger partial charge in [0.2, 0.25) is 0 Å². The van der Waals surface area contributed by atoms with E-state index in [0.29, 0.717) is 12.8 Å². The minimum atomic E-state index is -1.01. The Morgan fingerprint density at radius 3 is 2.45 bits per heavy atom. The molecule has 2 amide bonds. The highest BCUT2D eigenvalue weighted by atomic mass is 16.4. The van der Waals surface area contributed by atoms with Crippen molar-refractivity contribution in [3.05, 3.63) is 35.4 Å². The zero-order chi connectivity index (χ0) is 15.1. The number of aliphatic carboxylic acids is 1. The first-order valence-corrected chi connectivity index (χ1v) is 6.81. The van der Waals surface area contributed by atoms with Gasteiger partial charge in [0.1, 0.15) is 6.04 Å². The second kappa shape index (κ2) is 7.53. The summed E-state index contributed by atoms with van der Waals surface area (Å²) in [5, 5.41) is 14.3. The van der Waals surface area contributed by atoms with Crippen LogP contribution in [0.15, 0.2) is 24.3 Å². The maximum absolute atomic E-state index is 11.8. The lowest BCUT2D eigenvalue weighted by atomic mass is 10.0. The summed E-state index contributed by atoms with van der Waals surface area (Å²) in [7, 11) is 0. The maximum Gasteiger partial charge on any atom is 0.326 e. The van der Waals surface area contributed by atoms with E-state index in [2.05, 4.69) is 10.6 Å². The molecule has 0 aliphatic heterocycles. The SMILES string of the molecule is CCC[C@H](NC(=O)NC(C)c1ccccc1C)C(=O)O. The normalized spacial score (nSPS) is 13.3. The van der Waals surface area contributed by atoms with Crippen LogP contribution >= 0.6 is 0 Å². The van der Waals surface area contributed by atoms with Crippen molar-refractivity contribution < 1.29 is 14.7 Å². The van der Waals surface area contributed by atoms with E-state index in [9.17, 15) is 9.59 Å². The molecule has 0 saturated heterocycles. The van der Waals surface area contributed by atoms with E-state index in [1.54, 1.807) is 0 Å². The fourth-order valence-corrected chi connectivity index (χ4v) is 2.09. The largest absolute Gasteiger partial charge is 0.480 e. The molecule has 5 nitrogen and oxygen atoms in total. The number of rotatable bonds is 6. The lowest BCUT2D eigenvalue weighted by molar-refractivity contribution is -0.139. The first-order valence-electron chi connectivity index (χ1n) is 6.81. The van der Waals surface area contributed by atoms with Crippen LogP contribution in [0.3, 0.4) is 0 Å². The third-order valence-electron chi connectivity index (χ3n) is 3.18. The van der Waals surface area contributed by atoms with Crippen molar-refractivity contribution in [2.75, 3.05) is 0 Å². The van der Waals surface area contributed by atoms with Crippen LogP contribution in [0.5, 0.6) is 0 Å². The molecule has 0 bridgehead atoms. The molecule has 0 radical (unpaired) electrons. The van der Waals surface area contributed by atoms with E-state index in [0.717, 1.165) is 11.1 Å². The Morgan fingerprint density at radius 2 is 1.90 bits per heavy atom. The Hall–Kier alpha value is -2.04. The molecule has 1 rings (SSSR count). The number of carboxylic acid groups (broad SMARTS) is 1. The summed E-state index contributed by atoms with van der Waals surface area (Å²) in [5.74, 6) is -1.01. The van der Waals surface area contributed by atoms with Gasteiger partial charge in [0, 0.05) is 0 Å². The molecular formula is C15H22N2O3. The monoisotopic (exact) mass is 278 g/mol. The Balaban J connectivity index is 2.62. The molecule has 0 fully saturated rings. The van der Waals surface area contributed by atoms with Crippen LogP contribution in [0.2, 0.25) is 0 Å². The fourth-order valence-electron chi connectivity index (χ4n) is 2.09. The number of aryl methyl sites for hydroxylation is 1. The quantitative estimate of drug-likeness (QED) is 0.748. The van der Waals surface area contributed by atoms with Gasteiger partial charge >= 0.3 is 12.0 Å². The summed E-state index contributed by atoms with van der Waals surface area (Å²) in [6, 6.07) is 6.30. The molecule has 0 spiro atoms. The average Bonchev–Trinajstić information content (AvgIpc) is 2.38. The topological polar surface area (TPSA) is 78.4 Å². The van der Waals surface area contributed by atoms with E-state index >= 15 is 0 Å².